The molecule has 0 aliphatic carbocycles. The van der Waals surface area contributed by atoms with Gasteiger partial charge in [0.2, 0.25) is 5.91 Å². The predicted octanol–water partition coefficient (Wildman–Crippen LogP) is 3.81. The molecule has 3 amide bonds. The molecule has 1 saturated heterocycles. The van der Waals surface area contributed by atoms with E-state index in [4.69, 9.17) is 16.9 Å². The second kappa shape index (κ2) is 11.7. The number of hydrogen-bond acceptors (Lipinski definition) is 6. The fourth-order valence-electron chi connectivity index (χ4n) is 3.92. The zero-order chi connectivity index (χ0) is 27.3. The van der Waals surface area contributed by atoms with Gasteiger partial charge in [-0.1, -0.05) is 35.9 Å². The third kappa shape index (κ3) is 6.90. The third-order valence-corrected chi connectivity index (χ3v) is 6.92. The number of thiazole rings is 1. The fourth-order valence-corrected chi connectivity index (χ4v) is 4.94. The second-order valence-electron chi connectivity index (χ2n) is 8.72. The lowest BCUT2D eigenvalue weighted by Gasteiger charge is -2.19. The number of halogens is 3. The van der Waals surface area contributed by atoms with Crippen LogP contribution in [-0.2, 0) is 17.8 Å². The normalized spacial score (nSPS) is 16.1. The molecule has 0 saturated carbocycles. The van der Waals surface area contributed by atoms with Gasteiger partial charge in [-0.05, 0) is 35.4 Å². The summed E-state index contributed by atoms with van der Waals surface area (Å²) in [6.07, 6.45) is -0.290. The molecule has 1 aliphatic heterocycles. The first-order chi connectivity index (χ1) is 18.1. The molecule has 2 heterocycles. The molecule has 1 atom stereocenters. The van der Waals surface area contributed by atoms with Crippen LogP contribution in [0.1, 0.15) is 43.4 Å². The first-order valence-corrected chi connectivity index (χ1v) is 12.8. The highest BCUT2D eigenvalue weighted by molar-refractivity contribution is 7.09. The number of alkyl halides is 2. The number of hydrogen-bond donors (Lipinski definition) is 2. The van der Waals surface area contributed by atoms with Crippen LogP contribution in [0.25, 0.3) is 0 Å². The van der Waals surface area contributed by atoms with E-state index in [-0.39, 0.29) is 11.6 Å². The summed E-state index contributed by atoms with van der Waals surface area (Å²) < 4.78 is 27.1. The molecule has 0 radical (unpaired) electrons. The number of nitriles is 1. The summed E-state index contributed by atoms with van der Waals surface area (Å²) in [6, 6.07) is 14.7. The zero-order valence-electron chi connectivity index (χ0n) is 19.9. The fraction of sp³-hybridized carbons (Fsp3) is 0.269. The number of amides is 3. The Bertz CT molecular complexity index is 1390. The first-order valence-electron chi connectivity index (χ1n) is 11.5. The molecule has 12 heteroatoms. The highest BCUT2D eigenvalue weighted by Crippen LogP contribution is 2.31. The quantitative estimate of drug-likeness (QED) is 0.437. The molecular formula is C26H22ClF2N5O3S. The molecule has 1 aromatic heterocycles. The Morgan fingerprint density at radius 1 is 1.13 bits per heavy atom. The minimum Gasteiger partial charge on any atom is -0.348 e. The Morgan fingerprint density at radius 3 is 2.61 bits per heavy atom. The Kier molecular flexibility index (Phi) is 8.34. The van der Waals surface area contributed by atoms with Crippen LogP contribution in [0.3, 0.4) is 0 Å². The van der Waals surface area contributed by atoms with E-state index in [0.717, 1.165) is 16.0 Å². The summed E-state index contributed by atoms with van der Waals surface area (Å²) in [5, 5.41) is 17.0. The maximum absolute atomic E-state index is 13.5. The minimum absolute atomic E-state index is 0.0957. The van der Waals surface area contributed by atoms with Crippen LogP contribution < -0.4 is 10.6 Å². The van der Waals surface area contributed by atoms with Crippen molar-refractivity contribution in [3.05, 3.63) is 86.3 Å². The standard InChI is InChI=1S/C26H22ClF2N5O3S/c27-19-3-1-2-17(8-19)12-31-24(36)18-6-4-16(5-7-18)9-22-33-21(14-38-22)25(37)32-13-23(35)34-15-26(28,29)10-20(34)11-30/h1-8,14,20H,9-10,12-13,15H2,(H,31,36)(H,32,37)/t20-/m0/s1. The largest absolute Gasteiger partial charge is 0.348 e. The van der Waals surface area contributed by atoms with E-state index in [1.165, 1.54) is 16.7 Å². The van der Waals surface area contributed by atoms with Crippen molar-refractivity contribution in [2.45, 2.75) is 31.4 Å². The van der Waals surface area contributed by atoms with Gasteiger partial charge in [-0.3, -0.25) is 14.4 Å². The summed E-state index contributed by atoms with van der Waals surface area (Å²) in [5.41, 5.74) is 2.36. The van der Waals surface area contributed by atoms with Gasteiger partial charge in [0.05, 0.1) is 24.2 Å². The van der Waals surface area contributed by atoms with Crippen molar-refractivity contribution in [3.63, 3.8) is 0 Å². The number of rotatable bonds is 8. The molecule has 196 valence electrons. The van der Waals surface area contributed by atoms with Crippen LogP contribution in [0.5, 0.6) is 0 Å². The van der Waals surface area contributed by atoms with Crippen molar-refractivity contribution in [1.29, 1.82) is 5.26 Å². The molecule has 1 aliphatic rings. The van der Waals surface area contributed by atoms with E-state index >= 15 is 0 Å². The van der Waals surface area contributed by atoms with Crippen molar-refractivity contribution in [2.75, 3.05) is 13.1 Å². The molecule has 2 N–H and O–H groups in total. The number of nitrogens with one attached hydrogen (secondary N) is 2. The van der Waals surface area contributed by atoms with Gasteiger partial charge in [-0.25, -0.2) is 13.8 Å². The number of carbonyl (C=O) groups is 3. The monoisotopic (exact) mass is 557 g/mol. The van der Waals surface area contributed by atoms with Gasteiger partial charge in [0, 0.05) is 35.4 Å². The predicted molar refractivity (Wildman–Crippen MR) is 137 cm³/mol. The van der Waals surface area contributed by atoms with Crippen LogP contribution in [0.4, 0.5) is 8.78 Å². The summed E-state index contributed by atoms with van der Waals surface area (Å²) >= 11 is 7.22. The Balaban J connectivity index is 1.27. The lowest BCUT2D eigenvalue weighted by atomic mass is 10.1. The highest BCUT2D eigenvalue weighted by atomic mass is 35.5. The van der Waals surface area contributed by atoms with E-state index in [1.54, 1.807) is 42.5 Å². The lowest BCUT2D eigenvalue weighted by Crippen LogP contribution is -2.43. The topological polar surface area (TPSA) is 115 Å². The maximum atomic E-state index is 13.5. The van der Waals surface area contributed by atoms with E-state index in [9.17, 15) is 23.2 Å². The highest BCUT2D eigenvalue weighted by Gasteiger charge is 2.47. The molecule has 8 nitrogen and oxygen atoms in total. The van der Waals surface area contributed by atoms with Crippen molar-refractivity contribution in [2.24, 2.45) is 0 Å². The maximum Gasteiger partial charge on any atom is 0.271 e. The first kappa shape index (κ1) is 27.2. The van der Waals surface area contributed by atoms with Gasteiger partial charge in [-0.15, -0.1) is 11.3 Å². The number of likely N-dealkylation sites (tertiary alicyclic amines) is 1. The molecule has 0 unspecified atom stereocenters. The summed E-state index contributed by atoms with van der Waals surface area (Å²) in [6.45, 7) is -1.01. The second-order valence-corrected chi connectivity index (χ2v) is 10.1. The summed E-state index contributed by atoms with van der Waals surface area (Å²) in [7, 11) is 0. The van der Waals surface area contributed by atoms with Crippen molar-refractivity contribution >= 4 is 40.7 Å². The minimum atomic E-state index is -3.12. The van der Waals surface area contributed by atoms with E-state index < -0.39 is 43.3 Å². The van der Waals surface area contributed by atoms with E-state index in [2.05, 4.69) is 15.6 Å². The molecule has 0 spiro atoms. The SMILES string of the molecule is N#C[C@@H]1CC(F)(F)CN1C(=O)CNC(=O)c1csc(Cc2ccc(C(=O)NCc3cccc(Cl)c3)cc2)n1. The van der Waals surface area contributed by atoms with E-state index in [0.29, 0.717) is 28.6 Å². The van der Waals surface area contributed by atoms with Gasteiger partial charge in [0.15, 0.2) is 0 Å². The van der Waals surface area contributed by atoms with Gasteiger partial charge in [-0.2, -0.15) is 5.26 Å². The molecule has 2 aromatic carbocycles. The average Bonchev–Trinajstić information content (AvgIpc) is 3.49. The van der Waals surface area contributed by atoms with Crippen LogP contribution in [0, 0.1) is 11.3 Å². The van der Waals surface area contributed by atoms with Crippen LogP contribution in [-0.4, -0.2) is 52.7 Å². The van der Waals surface area contributed by atoms with E-state index in [1.807, 2.05) is 12.1 Å². The molecule has 0 bridgehead atoms. The van der Waals surface area contributed by atoms with Crippen LogP contribution >= 0.6 is 22.9 Å². The van der Waals surface area contributed by atoms with Crippen molar-refractivity contribution in [3.8, 4) is 6.07 Å². The van der Waals surface area contributed by atoms with Crippen LogP contribution in [0.15, 0.2) is 53.9 Å². The number of aromatic nitrogens is 1. The summed E-state index contributed by atoms with van der Waals surface area (Å²) in [4.78, 5) is 42.2. The van der Waals surface area contributed by atoms with Gasteiger partial charge < -0.3 is 15.5 Å². The molecular weight excluding hydrogens is 536 g/mol. The Labute approximate surface area is 226 Å². The molecule has 4 rings (SSSR count). The van der Waals surface area contributed by atoms with Gasteiger partial charge >= 0.3 is 0 Å². The van der Waals surface area contributed by atoms with Crippen LogP contribution in [0.2, 0.25) is 5.02 Å². The summed E-state index contributed by atoms with van der Waals surface area (Å²) in [5.74, 6) is -4.72. The Hall–Kier alpha value is -3.88. The number of carbonyl (C=O) groups excluding carboxylic acids is 3. The Morgan fingerprint density at radius 2 is 1.89 bits per heavy atom. The van der Waals surface area contributed by atoms with Crippen molar-refractivity contribution in [1.82, 2.24) is 20.5 Å². The zero-order valence-corrected chi connectivity index (χ0v) is 21.5. The lowest BCUT2D eigenvalue weighted by molar-refractivity contribution is -0.131. The molecule has 38 heavy (non-hydrogen) atoms. The molecule has 3 aromatic rings. The average molecular weight is 558 g/mol. The van der Waals surface area contributed by atoms with Gasteiger partial charge in [0.25, 0.3) is 17.7 Å². The van der Waals surface area contributed by atoms with Gasteiger partial charge in [0.1, 0.15) is 11.7 Å². The van der Waals surface area contributed by atoms with Crippen molar-refractivity contribution < 1.29 is 23.2 Å². The number of nitrogens with zero attached hydrogens (tertiary/aromatic N) is 3. The smallest absolute Gasteiger partial charge is 0.271 e. The number of benzene rings is 2. The third-order valence-electron chi connectivity index (χ3n) is 5.84. The molecule has 1 fully saturated rings.